The fraction of sp³-hybridized carbons (Fsp3) is 0.143. The first kappa shape index (κ1) is 14.5. The average Bonchev–Trinajstić information content (AvgIpc) is 2.39. The second-order valence-electron chi connectivity index (χ2n) is 4.43. The number of aryl methyl sites for hydroxylation is 1. The van der Waals surface area contributed by atoms with Crippen LogP contribution in [0.2, 0.25) is 0 Å². The highest BCUT2D eigenvalue weighted by Gasteiger charge is 2.16. The molecule has 0 aliphatic heterocycles. The van der Waals surface area contributed by atoms with Crippen molar-refractivity contribution in [2.45, 2.75) is 13.5 Å². The second-order valence-corrected chi connectivity index (χ2v) is 4.43. The summed E-state index contributed by atoms with van der Waals surface area (Å²) < 4.78 is 31.7. The predicted molar refractivity (Wildman–Crippen MR) is 71.7 cm³/mol. The standard InChI is InChI=1S/C14H13BF2O3/c1-9-6-11(16)3-5-14(9)20-8-10-2-4-13(17)12(7-10)15(18)19/h2-7,18-19H,8H2,1H3. The molecule has 0 atom stereocenters. The number of benzene rings is 2. The van der Waals surface area contributed by atoms with Gasteiger partial charge in [-0.1, -0.05) is 12.1 Å². The Bertz CT molecular complexity index is 617. The van der Waals surface area contributed by atoms with Gasteiger partial charge >= 0.3 is 7.12 Å². The van der Waals surface area contributed by atoms with E-state index in [4.69, 9.17) is 14.8 Å². The quantitative estimate of drug-likeness (QED) is 0.834. The van der Waals surface area contributed by atoms with Crippen molar-refractivity contribution in [3.05, 3.63) is 59.2 Å². The zero-order chi connectivity index (χ0) is 14.7. The highest BCUT2D eigenvalue weighted by atomic mass is 19.1. The third-order valence-electron chi connectivity index (χ3n) is 2.87. The maximum atomic E-state index is 13.3. The minimum absolute atomic E-state index is 0.118. The van der Waals surface area contributed by atoms with E-state index in [0.29, 0.717) is 16.9 Å². The van der Waals surface area contributed by atoms with E-state index in [2.05, 4.69) is 0 Å². The van der Waals surface area contributed by atoms with Crippen LogP contribution in [0.4, 0.5) is 8.78 Å². The van der Waals surface area contributed by atoms with Crippen molar-refractivity contribution in [3.63, 3.8) is 0 Å². The van der Waals surface area contributed by atoms with Crippen LogP contribution < -0.4 is 10.2 Å². The Hall–Kier alpha value is -1.92. The predicted octanol–water partition coefficient (Wildman–Crippen LogP) is 1.53. The summed E-state index contributed by atoms with van der Waals surface area (Å²) in [5.74, 6) is -0.522. The third kappa shape index (κ3) is 3.34. The second kappa shape index (κ2) is 6.03. The van der Waals surface area contributed by atoms with E-state index in [1.165, 1.54) is 30.3 Å². The molecule has 0 heterocycles. The fourth-order valence-electron chi connectivity index (χ4n) is 1.82. The lowest BCUT2D eigenvalue weighted by atomic mass is 9.79. The van der Waals surface area contributed by atoms with E-state index in [1.807, 2.05) is 0 Å². The van der Waals surface area contributed by atoms with Gasteiger partial charge in [0.2, 0.25) is 0 Å². The van der Waals surface area contributed by atoms with Crippen LogP contribution in [0.25, 0.3) is 0 Å². The largest absolute Gasteiger partial charge is 0.491 e. The number of hydrogen-bond donors (Lipinski definition) is 2. The SMILES string of the molecule is Cc1cc(F)ccc1OCc1ccc(F)c(B(O)O)c1. The van der Waals surface area contributed by atoms with Gasteiger partial charge in [0.1, 0.15) is 24.0 Å². The van der Waals surface area contributed by atoms with Crippen molar-refractivity contribution in [2.75, 3.05) is 0 Å². The summed E-state index contributed by atoms with van der Waals surface area (Å²) in [5.41, 5.74) is 1.02. The van der Waals surface area contributed by atoms with Gasteiger partial charge in [-0.15, -0.1) is 0 Å². The third-order valence-corrected chi connectivity index (χ3v) is 2.87. The molecule has 0 fully saturated rings. The normalized spacial score (nSPS) is 10.4. The van der Waals surface area contributed by atoms with Crippen LogP contribution in [0.1, 0.15) is 11.1 Å². The summed E-state index contributed by atoms with van der Waals surface area (Å²) in [4.78, 5) is 0. The highest BCUT2D eigenvalue weighted by Crippen LogP contribution is 2.19. The number of halogens is 2. The first-order valence-electron chi connectivity index (χ1n) is 6.01. The highest BCUT2D eigenvalue weighted by molar-refractivity contribution is 6.58. The number of rotatable bonds is 4. The van der Waals surface area contributed by atoms with E-state index in [1.54, 1.807) is 6.92 Å². The summed E-state index contributed by atoms with van der Waals surface area (Å²) in [5, 5.41) is 18.0. The number of hydrogen-bond acceptors (Lipinski definition) is 3. The van der Waals surface area contributed by atoms with E-state index in [9.17, 15) is 8.78 Å². The Labute approximate surface area is 115 Å². The Kier molecular flexibility index (Phi) is 4.37. The van der Waals surface area contributed by atoms with Crippen molar-refractivity contribution in [2.24, 2.45) is 0 Å². The van der Waals surface area contributed by atoms with Gasteiger partial charge < -0.3 is 14.8 Å². The molecule has 0 unspecified atom stereocenters. The zero-order valence-corrected chi connectivity index (χ0v) is 10.8. The molecule has 104 valence electrons. The van der Waals surface area contributed by atoms with Gasteiger partial charge in [0.15, 0.2) is 0 Å². The van der Waals surface area contributed by atoms with Crippen LogP contribution >= 0.6 is 0 Å². The van der Waals surface area contributed by atoms with Crippen LogP contribution in [0.3, 0.4) is 0 Å². The lowest BCUT2D eigenvalue weighted by molar-refractivity contribution is 0.303. The van der Waals surface area contributed by atoms with E-state index >= 15 is 0 Å². The molecule has 0 aromatic heterocycles. The first-order chi connectivity index (χ1) is 9.47. The topological polar surface area (TPSA) is 49.7 Å². The van der Waals surface area contributed by atoms with Crippen molar-refractivity contribution >= 4 is 12.6 Å². The molecule has 20 heavy (non-hydrogen) atoms. The molecule has 3 nitrogen and oxygen atoms in total. The average molecular weight is 278 g/mol. The molecule has 0 saturated heterocycles. The Morgan fingerprint density at radius 1 is 1.10 bits per heavy atom. The van der Waals surface area contributed by atoms with Crippen molar-refractivity contribution in [1.29, 1.82) is 0 Å². The molecular weight excluding hydrogens is 265 g/mol. The van der Waals surface area contributed by atoms with Gasteiger partial charge in [0, 0.05) is 5.46 Å². The van der Waals surface area contributed by atoms with Gasteiger partial charge in [0.05, 0.1) is 0 Å². The minimum atomic E-state index is -1.87. The molecule has 0 bridgehead atoms. The van der Waals surface area contributed by atoms with E-state index in [0.717, 1.165) is 6.07 Å². The maximum absolute atomic E-state index is 13.3. The molecule has 0 radical (unpaired) electrons. The molecule has 2 rings (SSSR count). The molecule has 0 saturated carbocycles. The van der Waals surface area contributed by atoms with Crippen LogP contribution in [0, 0.1) is 18.6 Å². The van der Waals surface area contributed by atoms with Gasteiger partial charge in [-0.3, -0.25) is 0 Å². The molecule has 6 heteroatoms. The molecule has 0 aliphatic carbocycles. The minimum Gasteiger partial charge on any atom is -0.489 e. The van der Waals surface area contributed by atoms with Crippen molar-refractivity contribution in [3.8, 4) is 5.75 Å². The lowest BCUT2D eigenvalue weighted by Crippen LogP contribution is -2.33. The lowest BCUT2D eigenvalue weighted by Gasteiger charge is -2.10. The van der Waals surface area contributed by atoms with Gasteiger partial charge in [-0.25, -0.2) is 8.78 Å². The smallest absolute Gasteiger partial charge is 0.489 e. The molecular formula is C14H13BF2O3. The summed E-state index contributed by atoms with van der Waals surface area (Å²) >= 11 is 0. The zero-order valence-electron chi connectivity index (χ0n) is 10.8. The first-order valence-corrected chi connectivity index (χ1v) is 6.01. The Morgan fingerprint density at radius 3 is 2.50 bits per heavy atom. The molecule has 0 amide bonds. The summed E-state index contributed by atoms with van der Waals surface area (Å²) in [6.45, 7) is 1.83. The molecule has 0 spiro atoms. The molecule has 2 N–H and O–H groups in total. The summed E-state index contributed by atoms with van der Waals surface area (Å²) in [7, 11) is -1.87. The van der Waals surface area contributed by atoms with Crippen LogP contribution in [0.15, 0.2) is 36.4 Å². The molecule has 2 aromatic rings. The maximum Gasteiger partial charge on any atom is 0.491 e. The van der Waals surface area contributed by atoms with E-state index in [-0.39, 0.29) is 17.9 Å². The molecule has 2 aromatic carbocycles. The van der Waals surface area contributed by atoms with Crippen LogP contribution in [-0.2, 0) is 6.61 Å². The van der Waals surface area contributed by atoms with Gasteiger partial charge in [0.25, 0.3) is 0 Å². The van der Waals surface area contributed by atoms with E-state index < -0.39 is 12.9 Å². The fourth-order valence-corrected chi connectivity index (χ4v) is 1.82. The Morgan fingerprint density at radius 2 is 1.85 bits per heavy atom. The van der Waals surface area contributed by atoms with Gasteiger partial charge in [-0.05, 0) is 42.3 Å². The molecule has 0 aliphatic rings. The van der Waals surface area contributed by atoms with Crippen molar-refractivity contribution in [1.82, 2.24) is 0 Å². The van der Waals surface area contributed by atoms with Crippen LogP contribution in [0.5, 0.6) is 5.75 Å². The summed E-state index contributed by atoms with van der Waals surface area (Å²) in [6.07, 6.45) is 0. The van der Waals surface area contributed by atoms with Crippen molar-refractivity contribution < 1.29 is 23.6 Å². The van der Waals surface area contributed by atoms with Crippen LogP contribution in [-0.4, -0.2) is 17.2 Å². The Balaban J connectivity index is 2.13. The number of ether oxygens (including phenoxy) is 1. The van der Waals surface area contributed by atoms with Gasteiger partial charge in [-0.2, -0.15) is 0 Å². The summed E-state index contributed by atoms with van der Waals surface area (Å²) in [6, 6.07) is 8.10. The monoisotopic (exact) mass is 278 g/mol.